The SMILES string of the molecule is CCC(C)C(NC(N)=O)C(=O)NC1CCCCC1O. The van der Waals surface area contributed by atoms with Crippen LogP contribution in [-0.4, -0.2) is 35.2 Å². The molecule has 0 aromatic rings. The highest BCUT2D eigenvalue weighted by atomic mass is 16.3. The van der Waals surface area contributed by atoms with Crippen LogP contribution in [0.5, 0.6) is 0 Å². The lowest BCUT2D eigenvalue weighted by Gasteiger charge is -2.31. The molecule has 3 amide bonds. The Bertz CT molecular complexity index is 322. The molecule has 0 bridgehead atoms. The van der Waals surface area contributed by atoms with Crippen LogP contribution in [0.1, 0.15) is 46.0 Å². The molecule has 0 saturated heterocycles. The lowest BCUT2D eigenvalue weighted by Crippen LogP contribution is -2.56. The third-order valence-corrected chi connectivity index (χ3v) is 3.85. The van der Waals surface area contributed by atoms with E-state index in [0.717, 1.165) is 25.7 Å². The van der Waals surface area contributed by atoms with E-state index in [2.05, 4.69) is 10.6 Å². The summed E-state index contributed by atoms with van der Waals surface area (Å²) in [7, 11) is 0. The molecule has 1 aliphatic carbocycles. The zero-order chi connectivity index (χ0) is 14.4. The first-order valence-corrected chi connectivity index (χ1v) is 7.00. The molecule has 1 aliphatic rings. The van der Waals surface area contributed by atoms with Crippen molar-refractivity contribution < 1.29 is 14.7 Å². The van der Waals surface area contributed by atoms with Crippen molar-refractivity contribution >= 4 is 11.9 Å². The third-order valence-electron chi connectivity index (χ3n) is 3.85. The molecular formula is C13H25N3O3. The molecule has 1 saturated carbocycles. The Morgan fingerprint density at radius 3 is 2.53 bits per heavy atom. The second kappa shape index (κ2) is 7.33. The van der Waals surface area contributed by atoms with Crippen molar-refractivity contribution in [3.63, 3.8) is 0 Å². The van der Waals surface area contributed by atoms with Gasteiger partial charge >= 0.3 is 6.03 Å². The predicted octanol–water partition coefficient (Wildman–Crippen LogP) is 0.489. The summed E-state index contributed by atoms with van der Waals surface area (Å²) in [6.45, 7) is 3.83. The number of urea groups is 1. The second-order valence-electron chi connectivity index (χ2n) is 5.34. The van der Waals surface area contributed by atoms with Crippen molar-refractivity contribution in [2.24, 2.45) is 11.7 Å². The Hall–Kier alpha value is -1.30. The highest BCUT2D eigenvalue weighted by Gasteiger charge is 2.30. The van der Waals surface area contributed by atoms with Gasteiger partial charge in [-0.1, -0.05) is 33.1 Å². The summed E-state index contributed by atoms with van der Waals surface area (Å²) in [5, 5.41) is 15.2. The Kier molecular flexibility index (Phi) is 6.08. The number of primary amides is 1. The highest BCUT2D eigenvalue weighted by Crippen LogP contribution is 2.19. The Labute approximate surface area is 114 Å². The van der Waals surface area contributed by atoms with Crippen molar-refractivity contribution in [3.05, 3.63) is 0 Å². The van der Waals surface area contributed by atoms with Crippen LogP contribution >= 0.6 is 0 Å². The van der Waals surface area contributed by atoms with Gasteiger partial charge in [-0.25, -0.2) is 4.79 Å². The van der Waals surface area contributed by atoms with Gasteiger partial charge in [-0.3, -0.25) is 4.79 Å². The minimum absolute atomic E-state index is 0.00627. The van der Waals surface area contributed by atoms with E-state index in [1.165, 1.54) is 0 Å². The minimum Gasteiger partial charge on any atom is -0.391 e. The van der Waals surface area contributed by atoms with E-state index in [-0.39, 0.29) is 17.9 Å². The average molecular weight is 271 g/mol. The van der Waals surface area contributed by atoms with Crippen LogP contribution < -0.4 is 16.4 Å². The summed E-state index contributed by atoms with van der Waals surface area (Å²) in [5.74, 6) is -0.271. The molecule has 5 N–H and O–H groups in total. The van der Waals surface area contributed by atoms with E-state index in [9.17, 15) is 14.7 Å². The summed E-state index contributed by atoms with van der Waals surface area (Å²) >= 11 is 0. The Morgan fingerprint density at radius 2 is 2.00 bits per heavy atom. The van der Waals surface area contributed by atoms with Gasteiger partial charge in [0.2, 0.25) is 5.91 Å². The fraction of sp³-hybridized carbons (Fsp3) is 0.846. The lowest BCUT2D eigenvalue weighted by molar-refractivity contribution is -0.126. The summed E-state index contributed by atoms with van der Waals surface area (Å²) in [5.41, 5.74) is 5.10. The van der Waals surface area contributed by atoms with Crippen LogP contribution in [-0.2, 0) is 4.79 Å². The maximum atomic E-state index is 12.2. The largest absolute Gasteiger partial charge is 0.391 e. The van der Waals surface area contributed by atoms with E-state index in [1.807, 2.05) is 13.8 Å². The average Bonchev–Trinajstić information content (AvgIpc) is 2.37. The number of aliphatic hydroxyl groups excluding tert-OH is 1. The number of amides is 3. The van der Waals surface area contributed by atoms with Crippen LogP contribution in [0.2, 0.25) is 0 Å². The van der Waals surface area contributed by atoms with Crippen LogP contribution in [0.3, 0.4) is 0 Å². The topological polar surface area (TPSA) is 104 Å². The molecule has 0 aromatic carbocycles. The zero-order valence-electron chi connectivity index (χ0n) is 11.7. The van der Waals surface area contributed by atoms with E-state index >= 15 is 0 Å². The van der Waals surface area contributed by atoms with Crippen LogP contribution in [0.25, 0.3) is 0 Å². The van der Waals surface area contributed by atoms with Gasteiger partial charge in [0.15, 0.2) is 0 Å². The summed E-state index contributed by atoms with van der Waals surface area (Å²) in [4.78, 5) is 23.2. The highest BCUT2D eigenvalue weighted by molar-refractivity contribution is 5.87. The van der Waals surface area contributed by atoms with Crippen molar-refractivity contribution in [2.45, 2.75) is 64.1 Å². The molecule has 4 unspecified atom stereocenters. The monoisotopic (exact) mass is 271 g/mol. The van der Waals surface area contributed by atoms with Gasteiger partial charge < -0.3 is 21.5 Å². The molecule has 0 spiro atoms. The van der Waals surface area contributed by atoms with Gasteiger partial charge in [0.05, 0.1) is 12.1 Å². The molecule has 0 heterocycles. The number of rotatable bonds is 5. The van der Waals surface area contributed by atoms with E-state index in [1.54, 1.807) is 0 Å². The van der Waals surface area contributed by atoms with Gasteiger partial charge in [-0.05, 0) is 18.8 Å². The number of nitrogens with two attached hydrogens (primary N) is 1. The normalized spacial score (nSPS) is 26.3. The van der Waals surface area contributed by atoms with E-state index < -0.39 is 18.2 Å². The van der Waals surface area contributed by atoms with Crippen LogP contribution in [0.4, 0.5) is 4.79 Å². The molecule has 1 fully saturated rings. The van der Waals surface area contributed by atoms with Crippen molar-refractivity contribution in [1.82, 2.24) is 10.6 Å². The summed E-state index contributed by atoms with van der Waals surface area (Å²) in [6, 6.07) is -1.57. The first kappa shape index (κ1) is 15.8. The molecule has 110 valence electrons. The molecule has 4 atom stereocenters. The molecule has 0 aliphatic heterocycles. The minimum atomic E-state index is -0.704. The van der Waals surface area contributed by atoms with Gasteiger partial charge in [0.25, 0.3) is 0 Å². The quantitative estimate of drug-likeness (QED) is 0.585. The fourth-order valence-corrected chi connectivity index (χ4v) is 2.41. The summed E-state index contributed by atoms with van der Waals surface area (Å²) < 4.78 is 0. The molecule has 19 heavy (non-hydrogen) atoms. The standard InChI is InChI=1S/C13H25N3O3/c1-3-8(2)11(16-13(14)19)12(18)15-9-6-4-5-7-10(9)17/h8-11,17H,3-7H2,1-2H3,(H,15,18)(H3,14,16,19). The molecule has 0 aromatic heterocycles. The number of aliphatic hydroxyl groups is 1. The van der Waals surface area contributed by atoms with Gasteiger partial charge in [-0.2, -0.15) is 0 Å². The molecule has 0 radical (unpaired) electrons. The van der Waals surface area contributed by atoms with Gasteiger partial charge in [-0.15, -0.1) is 0 Å². The molecular weight excluding hydrogens is 246 g/mol. The van der Waals surface area contributed by atoms with E-state index in [4.69, 9.17) is 5.73 Å². The summed E-state index contributed by atoms with van der Waals surface area (Å²) in [6.07, 6.45) is 3.73. The molecule has 1 rings (SSSR count). The van der Waals surface area contributed by atoms with Crippen molar-refractivity contribution in [3.8, 4) is 0 Å². The fourth-order valence-electron chi connectivity index (χ4n) is 2.41. The van der Waals surface area contributed by atoms with Gasteiger partial charge in [0, 0.05) is 0 Å². The van der Waals surface area contributed by atoms with Crippen LogP contribution in [0.15, 0.2) is 0 Å². The number of carbonyl (C=O) groups is 2. The Balaban J connectivity index is 2.62. The first-order valence-electron chi connectivity index (χ1n) is 7.00. The first-order chi connectivity index (χ1) is 8.95. The lowest BCUT2D eigenvalue weighted by atomic mass is 9.91. The van der Waals surface area contributed by atoms with Crippen molar-refractivity contribution in [1.29, 1.82) is 0 Å². The zero-order valence-corrected chi connectivity index (χ0v) is 11.7. The second-order valence-corrected chi connectivity index (χ2v) is 5.34. The smallest absolute Gasteiger partial charge is 0.312 e. The van der Waals surface area contributed by atoms with Crippen molar-refractivity contribution in [2.75, 3.05) is 0 Å². The maximum absolute atomic E-state index is 12.2. The van der Waals surface area contributed by atoms with Gasteiger partial charge in [0.1, 0.15) is 6.04 Å². The Morgan fingerprint density at radius 1 is 1.37 bits per heavy atom. The number of hydrogen-bond donors (Lipinski definition) is 4. The van der Waals surface area contributed by atoms with Crippen LogP contribution in [0, 0.1) is 5.92 Å². The predicted molar refractivity (Wildman–Crippen MR) is 72.4 cm³/mol. The van der Waals surface area contributed by atoms with E-state index in [0.29, 0.717) is 6.42 Å². The number of nitrogens with one attached hydrogen (secondary N) is 2. The third kappa shape index (κ3) is 4.70. The molecule has 6 nitrogen and oxygen atoms in total. The number of hydrogen-bond acceptors (Lipinski definition) is 3. The molecule has 6 heteroatoms. The number of carbonyl (C=O) groups excluding carboxylic acids is 2. The maximum Gasteiger partial charge on any atom is 0.312 e.